The van der Waals surface area contributed by atoms with Crippen molar-refractivity contribution in [1.29, 1.82) is 0 Å². The second-order valence-corrected chi connectivity index (χ2v) is 5.99. The summed E-state index contributed by atoms with van der Waals surface area (Å²) in [6.07, 6.45) is 1.84. The third-order valence-corrected chi connectivity index (χ3v) is 4.10. The quantitative estimate of drug-likeness (QED) is 0.247. The molecule has 2 heterocycles. The van der Waals surface area contributed by atoms with Crippen LogP contribution in [-0.2, 0) is 53.8 Å². The Labute approximate surface area is 237 Å². The summed E-state index contributed by atoms with van der Waals surface area (Å²) in [5.74, 6) is 0. The van der Waals surface area contributed by atoms with Crippen molar-refractivity contribution in [3.05, 3.63) is 84.2 Å². The molecule has 1 aromatic heterocycles. The summed E-state index contributed by atoms with van der Waals surface area (Å²) in [7, 11) is 0. The van der Waals surface area contributed by atoms with Gasteiger partial charge in [0.05, 0.1) is 5.52 Å². The molecule has 0 aliphatic carbocycles. The molecule has 0 spiro atoms. The van der Waals surface area contributed by atoms with E-state index in [0.29, 0.717) is 0 Å². The normalized spacial score (nSPS) is 11.2. The van der Waals surface area contributed by atoms with Crippen molar-refractivity contribution >= 4 is 16.6 Å². The van der Waals surface area contributed by atoms with Crippen molar-refractivity contribution in [3.63, 3.8) is 0 Å². The van der Waals surface area contributed by atoms with Crippen molar-refractivity contribution in [2.75, 3.05) is 31.1 Å². The minimum atomic E-state index is 0. The number of aromatic nitrogens is 1. The minimum absolute atomic E-state index is 0. The molecule has 3 aromatic rings. The van der Waals surface area contributed by atoms with Crippen molar-refractivity contribution < 1.29 is 53.8 Å². The van der Waals surface area contributed by atoms with Crippen molar-refractivity contribution in [3.8, 4) is 0 Å². The molecule has 2 aromatic carbocycles. The number of pyridine rings is 1. The van der Waals surface area contributed by atoms with Gasteiger partial charge < -0.3 is 10.2 Å². The molecule has 0 saturated carbocycles. The standard InChI is InChI=1S/C13H14N3.C8H9.3C2H6.W.Y/c1-4-12-11(3-2-6-15-12)13(5-1)16-9-7-14-8-10-16;1-7-4-3-5-8(2)6-7;3*1-2;;/h1-6H,7-10H2;3-6H,1H2,2H3;3*1-2H3;;/q2*-1;;;;;. The van der Waals surface area contributed by atoms with Crippen LogP contribution in [0.2, 0.25) is 0 Å². The van der Waals surface area contributed by atoms with Gasteiger partial charge in [-0.05, 0) is 37.4 Å². The van der Waals surface area contributed by atoms with E-state index in [-0.39, 0.29) is 53.8 Å². The largest absolute Gasteiger partial charge is 0.659 e. The number of anilines is 1. The number of nitrogens with zero attached hydrogens (tertiary/aromatic N) is 3. The van der Waals surface area contributed by atoms with E-state index in [4.69, 9.17) is 0 Å². The van der Waals surface area contributed by atoms with Gasteiger partial charge in [0, 0.05) is 71.0 Å². The molecule has 0 N–H and O–H groups in total. The molecule has 1 radical (unpaired) electrons. The van der Waals surface area contributed by atoms with Crippen LogP contribution in [-0.4, -0.2) is 31.2 Å². The molecule has 0 atom stereocenters. The van der Waals surface area contributed by atoms with Crippen LogP contribution in [0.5, 0.6) is 0 Å². The molecule has 0 amide bonds. The number of rotatable bonds is 1. The molecular weight excluding hydrogens is 639 g/mol. The zero-order chi connectivity index (χ0) is 22.8. The third-order valence-electron chi connectivity index (χ3n) is 4.10. The van der Waals surface area contributed by atoms with E-state index in [1.54, 1.807) is 0 Å². The van der Waals surface area contributed by atoms with E-state index in [1.807, 2.05) is 65.9 Å². The van der Waals surface area contributed by atoms with Crippen molar-refractivity contribution in [2.45, 2.75) is 48.5 Å². The Kier molecular flexibility index (Phi) is 26.3. The second-order valence-electron chi connectivity index (χ2n) is 5.99. The van der Waals surface area contributed by atoms with Crippen molar-refractivity contribution in [2.24, 2.45) is 0 Å². The van der Waals surface area contributed by atoms with Gasteiger partial charge in [0.15, 0.2) is 0 Å². The Morgan fingerprint density at radius 3 is 1.97 bits per heavy atom. The number of aryl methyl sites for hydroxylation is 1. The molecular formula is C27H41N3WY-2. The van der Waals surface area contributed by atoms with Crippen LogP contribution in [0.4, 0.5) is 5.69 Å². The van der Waals surface area contributed by atoms with Gasteiger partial charge in [-0.1, -0.05) is 60.6 Å². The van der Waals surface area contributed by atoms with Gasteiger partial charge in [0.1, 0.15) is 0 Å². The van der Waals surface area contributed by atoms with Crippen LogP contribution in [0, 0.1) is 13.8 Å². The molecule has 3 nitrogen and oxygen atoms in total. The van der Waals surface area contributed by atoms with Crippen LogP contribution in [0.3, 0.4) is 0 Å². The van der Waals surface area contributed by atoms with E-state index in [1.165, 1.54) is 16.6 Å². The summed E-state index contributed by atoms with van der Waals surface area (Å²) in [6.45, 7) is 21.8. The van der Waals surface area contributed by atoms with Crippen LogP contribution < -0.4 is 4.90 Å². The molecule has 175 valence electrons. The topological polar surface area (TPSA) is 30.2 Å². The van der Waals surface area contributed by atoms with Gasteiger partial charge in [0.25, 0.3) is 0 Å². The maximum Gasteiger partial charge on any atom is 0.0722 e. The maximum atomic E-state index is 4.39. The van der Waals surface area contributed by atoms with Gasteiger partial charge in [-0.3, -0.25) is 4.98 Å². The Morgan fingerprint density at radius 2 is 1.44 bits per heavy atom. The SMILES string of the molecule is CC.CC.CC.[CH2-]c1cccc(C)c1.[W].[Y].c1cc(N2CC[N-]CC2)c2cccnc2c1. The number of hydrogen-bond acceptors (Lipinski definition) is 2. The fraction of sp³-hybridized carbons (Fsp3) is 0.407. The number of piperazine rings is 1. The van der Waals surface area contributed by atoms with E-state index in [2.05, 4.69) is 65.4 Å². The average Bonchev–Trinajstić information content (AvgIpc) is 2.83. The summed E-state index contributed by atoms with van der Waals surface area (Å²) in [6, 6.07) is 18.6. The Hall–Kier alpha value is -0.728. The first-order chi connectivity index (χ1) is 14.7. The van der Waals surface area contributed by atoms with Gasteiger partial charge in [-0.25, -0.2) is 0 Å². The number of fused-ring (bicyclic) bond motifs is 1. The molecule has 1 saturated heterocycles. The monoisotopic (exact) mass is 680 g/mol. The summed E-state index contributed by atoms with van der Waals surface area (Å²) >= 11 is 0. The fourth-order valence-electron chi connectivity index (χ4n) is 2.92. The summed E-state index contributed by atoms with van der Waals surface area (Å²) < 4.78 is 0. The Bertz CT molecular complexity index is 783. The average molecular weight is 680 g/mol. The van der Waals surface area contributed by atoms with Gasteiger partial charge in [-0.2, -0.15) is 24.6 Å². The number of hydrogen-bond donors (Lipinski definition) is 0. The molecule has 0 unspecified atom stereocenters. The molecule has 32 heavy (non-hydrogen) atoms. The fourth-order valence-corrected chi connectivity index (χ4v) is 2.92. The molecule has 1 fully saturated rings. The minimum Gasteiger partial charge on any atom is -0.659 e. The molecule has 5 heteroatoms. The molecule has 1 aliphatic rings. The van der Waals surface area contributed by atoms with Crippen LogP contribution in [0.1, 0.15) is 52.7 Å². The van der Waals surface area contributed by atoms with Crippen LogP contribution >= 0.6 is 0 Å². The smallest absolute Gasteiger partial charge is 0.0722 e. The van der Waals surface area contributed by atoms with Crippen LogP contribution in [0.25, 0.3) is 16.2 Å². The summed E-state index contributed by atoms with van der Waals surface area (Å²) in [5, 5.41) is 5.62. The first-order valence-corrected chi connectivity index (χ1v) is 11.3. The maximum absolute atomic E-state index is 4.39. The first kappa shape index (κ1) is 35.9. The van der Waals surface area contributed by atoms with Gasteiger partial charge in [0.2, 0.25) is 0 Å². The molecule has 1 aliphatic heterocycles. The van der Waals surface area contributed by atoms with E-state index in [0.717, 1.165) is 37.3 Å². The van der Waals surface area contributed by atoms with E-state index < -0.39 is 0 Å². The summed E-state index contributed by atoms with van der Waals surface area (Å²) in [4.78, 5) is 6.79. The van der Waals surface area contributed by atoms with Gasteiger partial charge in [-0.15, -0.1) is 24.7 Å². The van der Waals surface area contributed by atoms with Crippen LogP contribution in [0.15, 0.2) is 60.8 Å². The Morgan fingerprint density at radius 1 is 0.844 bits per heavy atom. The van der Waals surface area contributed by atoms with Crippen molar-refractivity contribution in [1.82, 2.24) is 4.98 Å². The van der Waals surface area contributed by atoms with Gasteiger partial charge >= 0.3 is 0 Å². The van der Waals surface area contributed by atoms with E-state index in [9.17, 15) is 0 Å². The molecule has 0 bridgehead atoms. The zero-order valence-electron chi connectivity index (χ0n) is 21.1. The molecule has 4 rings (SSSR count). The number of benzene rings is 2. The summed E-state index contributed by atoms with van der Waals surface area (Å²) in [5.41, 5.74) is 4.73. The Balaban J connectivity index is -0.000000452. The third kappa shape index (κ3) is 13.1. The first-order valence-electron chi connectivity index (χ1n) is 11.3. The predicted octanol–water partition coefficient (Wildman–Crippen LogP) is 7.68. The zero-order valence-corrected chi connectivity index (χ0v) is 26.9. The van der Waals surface area contributed by atoms with E-state index >= 15 is 0 Å². The second kappa shape index (κ2) is 23.4. The predicted molar refractivity (Wildman–Crippen MR) is 137 cm³/mol.